The molecule has 2 rings (SSSR count). The zero-order valence-corrected chi connectivity index (χ0v) is 12.9. The van der Waals surface area contributed by atoms with Gasteiger partial charge in [-0.15, -0.1) is 0 Å². The molecule has 2 heterocycles. The second-order valence-electron chi connectivity index (χ2n) is 4.47. The summed E-state index contributed by atoms with van der Waals surface area (Å²) in [5.41, 5.74) is 2.61. The second-order valence-corrected chi connectivity index (χ2v) is 4.47. The summed E-state index contributed by atoms with van der Waals surface area (Å²) >= 11 is 0. The highest BCUT2D eigenvalue weighted by Crippen LogP contribution is 2.14. The van der Waals surface area contributed by atoms with E-state index in [0.717, 1.165) is 16.9 Å². The van der Waals surface area contributed by atoms with Crippen LogP contribution in [0.15, 0.2) is 30.7 Å². The molecule has 6 nitrogen and oxygen atoms in total. The van der Waals surface area contributed by atoms with Gasteiger partial charge in [-0.05, 0) is 24.3 Å². The first-order valence-electron chi connectivity index (χ1n) is 7.23. The fraction of sp³-hybridized carbons (Fsp3) is 0.312. The van der Waals surface area contributed by atoms with Gasteiger partial charge in [0.05, 0.1) is 24.6 Å². The molecule has 0 saturated heterocycles. The molecule has 0 radical (unpaired) electrons. The quantitative estimate of drug-likeness (QED) is 0.716. The summed E-state index contributed by atoms with van der Waals surface area (Å²) in [5.74, 6) is 0. The highest BCUT2D eigenvalue weighted by Gasteiger charge is 1.99. The lowest BCUT2D eigenvalue weighted by atomic mass is 10.2. The van der Waals surface area contributed by atoms with Gasteiger partial charge in [-0.25, -0.2) is 14.4 Å². The van der Waals surface area contributed by atoms with Crippen molar-refractivity contribution in [1.82, 2.24) is 15.0 Å². The van der Waals surface area contributed by atoms with Crippen LogP contribution in [-0.4, -0.2) is 48.5 Å². The first-order chi connectivity index (χ1) is 11.3. The number of alkyl halides is 1. The molecular formula is C16H19FN4O2. The smallest absolute Gasteiger partial charge is 0.316 e. The van der Waals surface area contributed by atoms with E-state index in [-0.39, 0.29) is 19.2 Å². The van der Waals surface area contributed by atoms with Crippen LogP contribution in [0.1, 0.15) is 11.3 Å². The Kier molecular flexibility index (Phi) is 6.93. The molecule has 0 amide bonds. The third-order valence-corrected chi connectivity index (χ3v) is 2.87. The number of halogens is 1. The van der Waals surface area contributed by atoms with Gasteiger partial charge in [-0.1, -0.05) is 0 Å². The molecule has 0 aliphatic carbocycles. The van der Waals surface area contributed by atoms with Gasteiger partial charge >= 0.3 is 6.01 Å². The molecule has 0 atom stereocenters. The number of aromatic nitrogens is 3. The number of anilines is 1. The van der Waals surface area contributed by atoms with Gasteiger partial charge in [0, 0.05) is 31.2 Å². The second kappa shape index (κ2) is 9.47. The number of hydrogen-bond donors (Lipinski definition) is 1. The van der Waals surface area contributed by atoms with Crippen LogP contribution in [-0.2, 0) is 4.74 Å². The summed E-state index contributed by atoms with van der Waals surface area (Å²) in [5, 5.41) is 3.08. The molecule has 1 N–H and O–H groups in total. The molecule has 0 unspecified atom stereocenters. The summed E-state index contributed by atoms with van der Waals surface area (Å²) in [6, 6.07) is 4.08. The zero-order chi connectivity index (χ0) is 16.3. The topological polar surface area (TPSA) is 69.2 Å². The van der Waals surface area contributed by atoms with Crippen LogP contribution in [0.3, 0.4) is 0 Å². The Morgan fingerprint density at radius 2 is 1.96 bits per heavy atom. The Balaban J connectivity index is 1.88. The Morgan fingerprint density at radius 1 is 1.13 bits per heavy atom. The van der Waals surface area contributed by atoms with E-state index < -0.39 is 6.67 Å². The number of pyridine rings is 1. The van der Waals surface area contributed by atoms with Gasteiger partial charge in [-0.3, -0.25) is 4.98 Å². The standard InChI is InChI=1S/C16H19FN4O2/c1-18-14-3-2-7-19-15(14)5-4-13-11-20-16(21-12-13)23-10-9-22-8-6-17/h2-5,7,11-12,18H,6,8-10H2,1H3. The van der Waals surface area contributed by atoms with E-state index in [1.54, 1.807) is 18.6 Å². The number of nitrogens with one attached hydrogen (secondary N) is 1. The normalized spacial score (nSPS) is 10.9. The Labute approximate surface area is 134 Å². The maximum Gasteiger partial charge on any atom is 0.316 e. The van der Waals surface area contributed by atoms with Crippen LogP contribution in [0.25, 0.3) is 12.2 Å². The molecule has 0 aromatic carbocycles. The molecular weight excluding hydrogens is 299 g/mol. The first-order valence-corrected chi connectivity index (χ1v) is 7.23. The van der Waals surface area contributed by atoms with E-state index in [1.165, 1.54) is 0 Å². The summed E-state index contributed by atoms with van der Waals surface area (Å²) in [7, 11) is 1.85. The molecule has 122 valence electrons. The van der Waals surface area contributed by atoms with Crippen LogP contribution in [0, 0.1) is 0 Å². The van der Waals surface area contributed by atoms with Crippen molar-refractivity contribution in [3.05, 3.63) is 42.0 Å². The minimum atomic E-state index is -0.497. The fourth-order valence-corrected chi connectivity index (χ4v) is 1.77. The lowest BCUT2D eigenvalue weighted by Crippen LogP contribution is -2.09. The van der Waals surface area contributed by atoms with Crippen molar-refractivity contribution in [2.75, 3.05) is 38.9 Å². The molecule has 0 fully saturated rings. The number of rotatable bonds is 9. The molecule has 2 aromatic rings. The van der Waals surface area contributed by atoms with Crippen molar-refractivity contribution in [2.45, 2.75) is 0 Å². The van der Waals surface area contributed by atoms with Crippen molar-refractivity contribution in [1.29, 1.82) is 0 Å². The fourth-order valence-electron chi connectivity index (χ4n) is 1.77. The van der Waals surface area contributed by atoms with Gasteiger partial charge in [0.2, 0.25) is 0 Å². The van der Waals surface area contributed by atoms with Gasteiger partial charge in [-0.2, -0.15) is 0 Å². The number of nitrogens with zero attached hydrogens (tertiary/aromatic N) is 3. The Bertz CT molecular complexity index is 620. The lowest BCUT2D eigenvalue weighted by molar-refractivity contribution is 0.0868. The van der Waals surface area contributed by atoms with Crippen molar-refractivity contribution in [3.8, 4) is 6.01 Å². The summed E-state index contributed by atoms with van der Waals surface area (Å²) in [4.78, 5) is 12.5. The summed E-state index contributed by atoms with van der Waals surface area (Å²) in [6.07, 6.45) is 8.80. The molecule has 23 heavy (non-hydrogen) atoms. The SMILES string of the molecule is CNc1cccnc1C=Cc1cnc(OCCOCCF)nc1. The lowest BCUT2D eigenvalue weighted by Gasteiger charge is -2.04. The van der Waals surface area contributed by atoms with Crippen LogP contribution < -0.4 is 10.1 Å². The molecule has 7 heteroatoms. The summed E-state index contributed by atoms with van der Waals surface area (Å²) < 4.78 is 22.1. The highest BCUT2D eigenvalue weighted by atomic mass is 19.1. The Hall–Kier alpha value is -2.54. The third-order valence-electron chi connectivity index (χ3n) is 2.87. The van der Waals surface area contributed by atoms with Gasteiger partial charge < -0.3 is 14.8 Å². The van der Waals surface area contributed by atoms with Gasteiger partial charge in [0.1, 0.15) is 13.3 Å². The van der Waals surface area contributed by atoms with E-state index >= 15 is 0 Å². The average Bonchev–Trinajstić information content (AvgIpc) is 2.61. The average molecular weight is 318 g/mol. The van der Waals surface area contributed by atoms with Crippen molar-refractivity contribution < 1.29 is 13.9 Å². The zero-order valence-electron chi connectivity index (χ0n) is 12.9. The van der Waals surface area contributed by atoms with Crippen LogP contribution >= 0.6 is 0 Å². The van der Waals surface area contributed by atoms with E-state index in [4.69, 9.17) is 9.47 Å². The van der Waals surface area contributed by atoms with Crippen molar-refractivity contribution in [3.63, 3.8) is 0 Å². The first kappa shape index (κ1) is 16.8. The van der Waals surface area contributed by atoms with Gasteiger partial charge in [0.25, 0.3) is 0 Å². The third kappa shape index (κ3) is 5.63. The van der Waals surface area contributed by atoms with Gasteiger partial charge in [0.15, 0.2) is 0 Å². The monoisotopic (exact) mass is 318 g/mol. The van der Waals surface area contributed by atoms with E-state index in [0.29, 0.717) is 6.61 Å². The molecule has 0 saturated carbocycles. The predicted molar refractivity (Wildman–Crippen MR) is 87.0 cm³/mol. The maximum absolute atomic E-state index is 11.8. The summed E-state index contributed by atoms with van der Waals surface area (Å²) in [6.45, 7) is 0.176. The van der Waals surface area contributed by atoms with Crippen LogP contribution in [0.5, 0.6) is 6.01 Å². The molecule has 0 bridgehead atoms. The van der Waals surface area contributed by atoms with E-state index in [1.807, 2.05) is 31.3 Å². The number of ether oxygens (including phenoxy) is 2. The van der Waals surface area contributed by atoms with E-state index in [2.05, 4.69) is 20.3 Å². The maximum atomic E-state index is 11.8. The Morgan fingerprint density at radius 3 is 2.70 bits per heavy atom. The van der Waals surface area contributed by atoms with Crippen LogP contribution in [0.2, 0.25) is 0 Å². The predicted octanol–water partition coefficient (Wildman–Crippen LogP) is 2.45. The number of hydrogen-bond acceptors (Lipinski definition) is 6. The van der Waals surface area contributed by atoms with Crippen molar-refractivity contribution >= 4 is 17.8 Å². The largest absolute Gasteiger partial charge is 0.461 e. The highest BCUT2D eigenvalue weighted by molar-refractivity contribution is 5.73. The molecule has 0 aliphatic heterocycles. The molecule has 2 aromatic heterocycles. The minimum Gasteiger partial charge on any atom is -0.461 e. The minimum absolute atomic E-state index is 0.0794. The van der Waals surface area contributed by atoms with E-state index in [9.17, 15) is 4.39 Å². The molecule has 0 spiro atoms. The van der Waals surface area contributed by atoms with Crippen molar-refractivity contribution in [2.24, 2.45) is 0 Å². The molecule has 0 aliphatic rings. The van der Waals surface area contributed by atoms with Crippen LogP contribution in [0.4, 0.5) is 10.1 Å².